The summed E-state index contributed by atoms with van der Waals surface area (Å²) in [5.41, 5.74) is 21.3. The average molecular weight is 1880 g/mol. The minimum absolute atomic E-state index is 0.194. The number of carboxylic acid groups (broad SMARTS) is 1. The number of nitrogens with one attached hydrogen (secondary N) is 2. The van der Waals surface area contributed by atoms with E-state index in [1.165, 1.54) is 127 Å². The lowest BCUT2D eigenvalue weighted by atomic mass is 9.94. The van der Waals surface area contributed by atoms with Crippen molar-refractivity contribution < 1.29 is 38.4 Å². The highest BCUT2D eigenvalue weighted by atomic mass is 16.5. The summed E-state index contributed by atoms with van der Waals surface area (Å²) in [5, 5.41) is 9.85. The number of carboxylic acids is 1. The molecule has 0 spiro atoms. The van der Waals surface area contributed by atoms with Gasteiger partial charge < -0.3 is 48.7 Å². The Morgan fingerprint density at radius 1 is 0.343 bits per heavy atom. The van der Waals surface area contributed by atoms with Crippen LogP contribution in [0.15, 0.2) is 170 Å². The number of H-pyrrole nitrogens is 2. The van der Waals surface area contributed by atoms with Crippen molar-refractivity contribution in [2.24, 2.45) is 0 Å². The van der Waals surface area contributed by atoms with E-state index in [-0.39, 0.29) is 17.4 Å². The van der Waals surface area contributed by atoms with E-state index in [4.69, 9.17) is 28.9 Å². The van der Waals surface area contributed by atoms with Crippen LogP contribution in [0.4, 0.5) is 28.4 Å². The van der Waals surface area contributed by atoms with Gasteiger partial charge in [0.2, 0.25) is 0 Å². The zero-order chi connectivity index (χ0) is 97.6. The third kappa shape index (κ3) is 27.1. The molecule has 0 fully saturated rings. The molecule has 140 heavy (non-hydrogen) atoms. The van der Waals surface area contributed by atoms with E-state index in [0.29, 0.717) is 124 Å². The van der Waals surface area contributed by atoms with E-state index in [1.54, 1.807) is 12.1 Å². The number of aryl methyl sites for hydroxylation is 2. The Morgan fingerprint density at radius 3 is 1.14 bits per heavy atom. The normalized spacial score (nSPS) is 13.1. The van der Waals surface area contributed by atoms with Crippen molar-refractivity contribution in [1.29, 1.82) is 0 Å². The molecule has 10 aromatic rings. The van der Waals surface area contributed by atoms with Crippen LogP contribution >= 0.6 is 0 Å². The van der Waals surface area contributed by atoms with Gasteiger partial charge in [-0.1, -0.05) is 339 Å². The molecule has 7 aromatic carbocycles. The number of benzene rings is 7. The van der Waals surface area contributed by atoms with Crippen LogP contribution in [0.25, 0.3) is 90.9 Å². The molecule has 0 saturated carbocycles. The summed E-state index contributed by atoms with van der Waals surface area (Å²) in [6.45, 7) is 21.0. The number of amides is 2. The molecule has 15 nitrogen and oxygen atoms in total. The number of unbranched alkanes of at least 4 members (excludes halogenated alkanes) is 32. The average Bonchev–Trinajstić information content (AvgIpc) is 1.57. The van der Waals surface area contributed by atoms with Gasteiger partial charge in [0.15, 0.2) is 0 Å². The number of hydrogen-bond donors (Lipinski definition) is 3. The second kappa shape index (κ2) is 54.6. The van der Waals surface area contributed by atoms with Crippen molar-refractivity contribution in [2.45, 2.75) is 325 Å². The summed E-state index contributed by atoms with van der Waals surface area (Å²) in [6.07, 6.45) is 54.4. The molecule has 15 heteroatoms. The maximum absolute atomic E-state index is 16.0. The number of aromatic amines is 2. The van der Waals surface area contributed by atoms with E-state index in [2.05, 4.69) is 216 Å². The second-order valence-electron chi connectivity index (χ2n) is 38.9. The number of carbonyl (C=O) groups is 3. The van der Waals surface area contributed by atoms with Crippen molar-refractivity contribution in [3.8, 4) is 68.2 Å². The fourth-order valence-electron chi connectivity index (χ4n) is 20.0. The van der Waals surface area contributed by atoms with E-state index in [1.807, 2.05) is 58.3 Å². The van der Waals surface area contributed by atoms with Crippen LogP contribution in [0.3, 0.4) is 0 Å². The topological polar surface area (TPSA) is 175 Å². The Kier molecular flexibility index (Phi) is 40.4. The predicted molar refractivity (Wildman–Crippen MR) is 587 cm³/mol. The molecule has 738 valence electrons. The maximum Gasteiger partial charge on any atom is 0.335 e. The van der Waals surface area contributed by atoms with Gasteiger partial charge in [0, 0.05) is 63.3 Å². The van der Waals surface area contributed by atoms with Gasteiger partial charge in [0.25, 0.3) is 11.8 Å². The molecule has 14 rings (SSSR count). The van der Waals surface area contributed by atoms with Gasteiger partial charge in [0.1, 0.15) is 23.0 Å². The lowest BCUT2D eigenvalue weighted by Crippen LogP contribution is -2.30. The molecule has 4 aliphatic rings. The molecule has 2 amide bonds. The summed E-state index contributed by atoms with van der Waals surface area (Å²) in [5.74, 6) is 8.98. The lowest BCUT2D eigenvalue weighted by Gasteiger charge is -2.27. The SMILES string of the molecule is CCCCCCCCOc1cccc(OCCCCCCCC)c1-c1c2nc(c(N(c3ccc(CCCCCC)cc3)c3ccc(CCCCCC)cc3)c3ccc([nH]3)c(-c3c(OCCCCCCCC)cccc3OCCCCCCCC)c3nc(c(C#Cc4ccc5c(c4)N(CCCCCC)C(=O)/C5=C4/C(=O)N(CCCCCC)c5cc(-c6ccc(C(=O)O)cc6)ccc54)c4ccc1[nH]4)C=C3)C=C2. The fourth-order valence-corrected chi connectivity index (χ4v) is 20.0. The summed E-state index contributed by atoms with van der Waals surface area (Å²) in [7, 11) is 0. The van der Waals surface area contributed by atoms with Crippen LogP contribution < -0.4 is 33.6 Å². The number of aromatic carboxylic acids is 1. The monoisotopic (exact) mass is 1880 g/mol. The molecule has 0 aliphatic carbocycles. The molecular formula is C125H155N7O8. The van der Waals surface area contributed by atoms with E-state index in [0.717, 1.165) is 232 Å². The second-order valence-corrected chi connectivity index (χ2v) is 38.9. The number of anilines is 5. The van der Waals surface area contributed by atoms with Crippen LogP contribution in [-0.2, 0) is 22.4 Å². The molecule has 3 N–H and O–H groups in total. The summed E-state index contributed by atoms with van der Waals surface area (Å²) >= 11 is 0. The molecule has 4 aliphatic heterocycles. The quantitative estimate of drug-likeness (QED) is 0.0188. The molecular weight excluding hydrogens is 1730 g/mol. The number of nitrogens with zero attached hydrogens (tertiary/aromatic N) is 5. The van der Waals surface area contributed by atoms with Gasteiger partial charge in [-0.25, -0.2) is 14.8 Å². The number of ether oxygens (including phenoxy) is 4. The number of carbonyl (C=O) groups excluding carboxylic acids is 2. The lowest BCUT2D eigenvalue weighted by molar-refractivity contribution is -0.114. The number of fused-ring (bicyclic) bond motifs is 10. The summed E-state index contributed by atoms with van der Waals surface area (Å²) in [4.78, 5) is 70.2. The smallest absolute Gasteiger partial charge is 0.335 e. The zero-order valence-electron chi connectivity index (χ0n) is 85.5. The Labute approximate surface area is 836 Å². The first-order chi connectivity index (χ1) is 68.9. The maximum atomic E-state index is 16.0. The Hall–Kier alpha value is -12.2. The minimum atomic E-state index is -0.998. The van der Waals surface area contributed by atoms with Gasteiger partial charge >= 0.3 is 5.97 Å². The molecule has 0 saturated heterocycles. The molecule has 8 bridgehead atoms. The highest BCUT2D eigenvalue weighted by Crippen LogP contribution is 2.52. The zero-order valence-corrected chi connectivity index (χ0v) is 85.5. The van der Waals surface area contributed by atoms with Crippen molar-refractivity contribution in [3.63, 3.8) is 0 Å². The van der Waals surface area contributed by atoms with Crippen LogP contribution in [0.1, 0.15) is 379 Å². The van der Waals surface area contributed by atoms with Crippen molar-refractivity contribution in [1.82, 2.24) is 19.9 Å². The molecule has 7 heterocycles. The fraction of sp³-hybridized carbons (Fsp3) is 0.448. The number of hydrogen-bond acceptors (Lipinski definition) is 10. The minimum Gasteiger partial charge on any atom is -0.493 e. The van der Waals surface area contributed by atoms with Gasteiger partial charge in [-0.05, 0) is 214 Å². The van der Waals surface area contributed by atoms with Crippen molar-refractivity contribution >= 4 is 104 Å². The Balaban J connectivity index is 1.04. The largest absolute Gasteiger partial charge is 0.493 e. The van der Waals surface area contributed by atoms with Crippen molar-refractivity contribution in [3.05, 3.63) is 232 Å². The van der Waals surface area contributed by atoms with Crippen LogP contribution in [0, 0.1) is 11.8 Å². The van der Waals surface area contributed by atoms with Gasteiger partial charge in [-0.2, -0.15) is 0 Å². The highest BCUT2D eigenvalue weighted by Gasteiger charge is 2.43. The van der Waals surface area contributed by atoms with Crippen LogP contribution in [0.2, 0.25) is 0 Å². The van der Waals surface area contributed by atoms with E-state index in [9.17, 15) is 9.90 Å². The Bertz CT molecular complexity index is 5870. The molecule has 0 radical (unpaired) electrons. The highest BCUT2D eigenvalue weighted by molar-refractivity contribution is 6.50. The van der Waals surface area contributed by atoms with Gasteiger partial charge in [-0.15, -0.1) is 0 Å². The van der Waals surface area contributed by atoms with Crippen LogP contribution in [0.5, 0.6) is 23.0 Å². The van der Waals surface area contributed by atoms with Gasteiger partial charge in [-0.3, -0.25) is 9.59 Å². The first kappa shape index (κ1) is 104. The summed E-state index contributed by atoms with van der Waals surface area (Å²) < 4.78 is 28.9. The predicted octanol–water partition coefficient (Wildman–Crippen LogP) is 34.2. The van der Waals surface area contributed by atoms with Crippen molar-refractivity contribution in [2.75, 3.05) is 54.2 Å². The summed E-state index contributed by atoms with van der Waals surface area (Å²) in [6, 6.07) is 58.7. The first-order valence-corrected chi connectivity index (χ1v) is 54.3. The first-order valence-electron chi connectivity index (χ1n) is 54.3. The third-order valence-corrected chi connectivity index (χ3v) is 28.0. The third-order valence-electron chi connectivity index (χ3n) is 28.0. The van der Waals surface area contributed by atoms with Crippen LogP contribution in [-0.4, -0.2) is 82.3 Å². The number of rotatable bonds is 59. The number of aromatic nitrogens is 4. The molecule has 3 aromatic heterocycles. The standard InChI is InChI=1S/C125H155N7O8/c1-9-17-25-33-37-45-85-137-112-53-49-54-113(138-86-46-38-34-26-18-10-2)120(112)118-104-77-75-102(126-104)99(72-61-93-62-73-100-110(89-93)130(83-43-31-23-15-7)123(133)116(100)117-101-74-67-96(94-63-65-95(66-64-94)125(135)136)90-111(101)131(124(117)134)84-44-32-24-16-8)103-76-78-105(127-103)119(121-114(139-87-47-39-35-27-19-11-3)55-50-56-115(121)140-88-48-40-36-28-20-12-4)107-80-82-109(129-107)122(108-81-79-106(118)128-108)132(97-68-57-91(58-69-97)51-41-29-21-13-5)98-70-59-92(60-71-98)52-42-30-22-14-6/h49-50,53-60,62-71,73-82,89-90,126,129H,9-48,51-52,83-88H2,1-8H3,(H,135,136)/b102-99?,103-99?,117-116+,118-104?,118-106?,119-105?,119-107?,122-108?,122-109?. The Morgan fingerprint density at radius 2 is 0.700 bits per heavy atom. The van der Waals surface area contributed by atoms with E-state index >= 15 is 9.59 Å². The molecule has 0 atom stereocenters. The van der Waals surface area contributed by atoms with Gasteiger partial charge in [0.05, 0.1) is 111 Å². The molecule has 0 unspecified atom stereocenters. The van der Waals surface area contributed by atoms with E-state index < -0.39 is 5.97 Å².